The van der Waals surface area contributed by atoms with Crippen molar-refractivity contribution in [3.63, 3.8) is 0 Å². The maximum Gasteiger partial charge on any atom is 0.344 e. The van der Waals surface area contributed by atoms with E-state index in [0.29, 0.717) is 24.7 Å². The Morgan fingerprint density at radius 3 is 2.64 bits per heavy atom. The van der Waals surface area contributed by atoms with E-state index in [0.717, 1.165) is 20.4 Å². The minimum atomic E-state index is -0.425. The largest absolute Gasteiger partial charge is 0.496 e. The van der Waals surface area contributed by atoms with Crippen molar-refractivity contribution >= 4 is 34.8 Å². The van der Waals surface area contributed by atoms with Gasteiger partial charge in [0.25, 0.3) is 0 Å². The van der Waals surface area contributed by atoms with Gasteiger partial charge in [-0.15, -0.1) is 0 Å². The molecule has 0 aliphatic heterocycles. The smallest absolute Gasteiger partial charge is 0.344 e. The maximum absolute atomic E-state index is 11.5. The lowest BCUT2D eigenvalue weighted by Crippen LogP contribution is -2.15. The Kier molecular flexibility index (Phi) is 8.86. The Labute approximate surface area is 178 Å². The predicted octanol–water partition coefficient (Wildman–Crippen LogP) is 3.37. The van der Waals surface area contributed by atoms with E-state index >= 15 is 0 Å². The Morgan fingerprint density at radius 1 is 1.18 bits per heavy atom. The lowest BCUT2D eigenvalue weighted by molar-refractivity contribution is -0.145. The summed E-state index contributed by atoms with van der Waals surface area (Å²) in [6, 6.07) is 11.4. The maximum atomic E-state index is 11.5. The number of para-hydroxylation sites is 1. The molecule has 0 aliphatic rings. The second kappa shape index (κ2) is 11.4. The minimum Gasteiger partial charge on any atom is -0.496 e. The van der Waals surface area contributed by atoms with E-state index in [1.54, 1.807) is 33.4 Å². The molecular formula is C20H23IN2O5. The molecule has 0 saturated carbocycles. The van der Waals surface area contributed by atoms with Crippen LogP contribution in [0, 0.1) is 3.57 Å². The molecule has 2 rings (SSSR count). The summed E-state index contributed by atoms with van der Waals surface area (Å²) in [7, 11) is 3.19. The summed E-state index contributed by atoms with van der Waals surface area (Å²) in [4.78, 5) is 11.5. The van der Waals surface area contributed by atoms with Crippen molar-refractivity contribution in [1.82, 2.24) is 5.43 Å². The molecule has 150 valence electrons. The molecule has 0 radical (unpaired) electrons. The van der Waals surface area contributed by atoms with Crippen LogP contribution in [0.2, 0.25) is 0 Å². The molecular weight excluding hydrogens is 475 g/mol. The van der Waals surface area contributed by atoms with E-state index in [9.17, 15) is 4.79 Å². The summed E-state index contributed by atoms with van der Waals surface area (Å²) in [5.41, 5.74) is 4.85. The third-order valence-electron chi connectivity index (χ3n) is 3.66. The summed E-state index contributed by atoms with van der Waals surface area (Å²) in [5, 5.41) is 4.25. The van der Waals surface area contributed by atoms with Gasteiger partial charge in [-0.2, -0.15) is 5.10 Å². The number of rotatable bonds is 10. The normalized spacial score (nSPS) is 10.6. The molecule has 8 heteroatoms. The molecule has 2 aromatic carbocycles. The van der Waals surface area contributed by atoms with Gasteiger partial charge in [0.15, 0.2) is 18.1 Å². The first-order chi connectivity index (χ1) is 13.6. The molecule has 28 heavy (non-hydrogen) atoms. The number of ether oxygens (including phenoxy) is 4. The zero-order valence-electron chi connectivity index (χ0n) is 16.0. The summed E-state index contributed by atoms with van der Waals surface area (Å²) in [5.74, 6) is 1.40. The van der Waals surface area contributed by atoms with E-state index in [4.69, 9.17) is 18.9 Å². The molecule has 0 unspecified atom stereocenters. The predicted molar refractivity (Wildman–Crippen MR) is 115 cm³/mol. The third kappa shape index (κ3) is 6.29. The fourth-order valence-corrected chi connectivity index (χ4v) is 3.17. The average Bonchev–Trinajstić information content (AvgIpc) is 2.70. The summed E-state index contributed by atoms with van der Waals surface area (Å²) in [6.07, 6.45) is 1.69. The van der Waals surface area contributed by atoms with Gasteiger partial charge in [-0.1, -0.05) is 18.2 Å². The number of hydrogen-bond donors (Lipinski definition) is 1. The molecule has 0 atom stereocenters. The van der Waals surface area contributed by atoms with Crippen molar-refractivity contribution in [3.05, 3.63) is 51.1 Å². The average molecular weight is 498 g/mol. The highest BCUT2D eigenvalue weighted by atomic mass is 127. The van der Waals surface area contributed by atoms with Crippen molar-refractivity contribution in [2.24, 2.45) is 5.10 Å². The molecule has 0 heterocycles. The van der Waals surface area contributed by atoms with Gasteiger partial charge in [0.2, 0.25) is 0 Å². The number of esters is 1. The van der Waals surface area contributed by atoms with Crippen LogP contribution in [0.5, 0.6) is 17.2 Å². The van der Waals surface area contributed by atoms with Gasteiger partial charge < -0.3 is 24.4 Å². The van der Waals surface area contributed by atoms with Crippen LogP contribution >= 0.6 is 22.6 Å². The molecule has 0 aliphatic carbocycles. The monoisotopic (exact) mass is 498 g/mol. The third-order valence-corrected chi connectivity index (χ3v) is 4.46. The second-order valence-electron chi connectivity index (χ2n) is 5.53. The van der Waals surface area contributed by atoms with E-state index in [1.807, 2.05) is 30.3 Å². The van der Waals surface area contributed by atoms with Gasteiger partial charge in [-0.25, -0.2) is 4.79 Å². The highest BCUT2D eigenvalue weighted by Gasteiger charge is 2.13. The standard InChI is InChI=1S/C20H23IN2O5/c1-4-27-19(24)13-28-20-16(21)9-14(10-18(20)26-3)11-22-23-12-15-7-5-6-8-17(15)25-2/h5-11,23H,4,12-13H2,1-3H3/b22-11+. The number of benzene rings is 2. The van der Waals surface area contributed by atoms with Gasteiger partial charge in [-0.3, -0.25) is 0 Å². The van der Waals surface area contributed by atoms with Crippen molar-refractivity contribution < 1.29 is 23.7 Å². The van der Waals surface area contributed by atoms with E-state index in [-0.39, 0.29) is 6.61 Å². The van der Waals surface area contributed by atoms with E-state index in [1.165, 1.54) is 0 Å². The van der Waals surface area contributed by atoms with Crippen LogP contribution in [0.1, 0.15) is 18.1 Å². The lowest BCUT2D eigenvalue weighted by atomic mass is 10.2. The molecule has 0 aromatic heterocycles. The van der Waals surface area contributed by atoms with Gasteiger partial charge in [0.05, 0.1) is 37.2 Å². The van der Waals surface area contributed by atoms with Crippen LogP contribution in [0.4, 0.5) is 0 Å². The second-order valence-corrected chi connectivity index (χ2v) is 6.69. The molecule has 0 fully saturated rings. The molecule has 0 bridgehead atoms. The van der Waals surface area contributed by atoms with Crippen molar-refractivity contribution in [2.75, 3.05) is 27.4 Å². The van der Waals surface area contributed by atoms with Gasteiger partial charge in [0, 0.05) is 5.56 Å². The molecule has 0 saturated heterocycles. The number of carbonyl (C=O) groups excluding carboxylic acids is 1. The summed E-state index contributed by atoms with van der Waals surface area (Å²) < 4.78 is 21.9. The quantitative estimate of drug-likeness (QED) is 0.234. The number of halogens is 1. The molecule has 1 N–H and O–H groups in total. The number of hydrogen-bond acceptors (Lipinski definition) is 7. The van der Waals surface area contributed by atoms with Crippen molar-refractivity contribution in [1.29, 1.82) is 0 Å². The van der Waals surface area contributed by atoms with Crippen LogP contribution in [-0.4, -0.2) is 39.6 Å². The Bertz CT molecular complexity index is 826. The summed E-state index contributed by atoms with van der Waals surface area (Å²) in [6.45, 7) is 2.43. The number of carbonyl (C=O) groups is 1. The number of methoxy groups -OCH3 is 2. The number of nitrogens with one attached hydrogen (secondary N) is 1. The first-order valence-electron chi connectivity index (χ1n) is 8.62. The molecule has 7 nitrogen and oxygen atoms in total. The summed E-state index contributed by atoms with van der Waals surface area (Å²) >= 11 is 2.13. The SMILES string of the molecule is CCOC(=O)COc1c(I)cc(/C=N/NCc2ccccc2OC)cc1OC. The molecule has 0 spiro atoms. The fraction of sp³-hybridized carbons (Fsp3) is 0.300. The Balaban J connectivity index is 2.02. The molecule has 2 aromatic rings. The minimum absolute atomic E-state index is 0.173. The van der Waals surface area contributed by atoms with Crippen LogP contribution in [0.25, 0.3) is 0 Å². The fourth-order valence-electron chi connectivity index (χ4n) is 2.39. The van der Waals surface area contributed by atoms with Gasteiger partial charge >= 0.3 is 5.97 Å². The van der Waals surface area contributed by atoms with Crippen LogP contribution in [0.3, 0.4) is 0 Å². The zero-order valence-corrected chi connectivity index (χ0v) is 18.2. The number of nitrogens with zero attached hydrogens (tertiary/aromatic N) is 1. The van der Waals surface area contributed by atoms with Gasteiger partial charge in [-0.05, 0) is 53.3 Å². The van der Waals surface area contributed by atoms with Crippen LogP contribution < -0.4 is 19.6 Å². The van der Waals surface area contributed by atoms with Crippen molar-refractivity contribution in [2.45, 2.75) is 13.5 Å². The van der Waals surface area contributed by atoms with E-state index < -0.39 is 5.97 Å². The molecule has 0 amide bonds. The first kappa shape index (κ1) is 21.8. The van der Waals surface area contributed by atoms with Crippen LogP contribution in [-0.2, 0) is 16.1 Å². The Hall–Kier alpha value is -2.49. The Morgan fingerprint density at radius 2 is 1.93 bits per heavy atom. The van der Waals surface area contributed by atoms with Gasteiger partial charge in [0.1, 0.15) is 5.75 Å². The lowest BCUT2D eigenvalue weighted by Gasteiger charge is -2.13. The highest BCUT2D eigenvalue weighted by Crippen LogP contribution is 2.33. The number of hydrazone groups is 1. The van der Waals surface area contributed by atoms with E-state index in [2.05, 4.69) is 33.1 Å². The topological polar surface area (TPSA) is 78.4 Å². The zero-order chi connectivity index (χ0) is 20.4. The van der Waals surface area contributed by atoms with Crippen molar-refractivity contribution in [3.8, 4) is 17.2 Å². The first-order valence-corrected chi connectivity index (χ1v) is 9.70. The van der Waals surface area contributed by atoms with Crippen LogP contribution in [0.15, 0.2) is 41.5 Å². The highest BCUT2D eigenvalue weighted by molar-refractivity contribution is 14.1.